The highest BCUT2D eigenvalue weighted by Gasteiger charge is 2.51. The number of carbonyl (C=O) groups excluding carboxylic acids is 1. The zero-order chi connectivity index (χ0) is 27.2. The number of alkyl halides is 8. The highest BCUT2D eigenvalue weighted by molar-refractivity contribution is 6.07. The number of nitrogens with one attached hydrogen (secondary N) is 1. The minimum absolute atomic E-state index is 0.0460. The van der Waals surface area contributed by atoms with Crippen LogP contribution in [0.1, 0.15) is 27.4 Å². The molecule has 1 atom stereocenters. The lowest BCUT2D eigenvalue weighted by Gasteiger charge is -2.19. The van der Waals surface area contributed by atoms with Crippen LogP contribution in [0.15, 0.2) is 40.9 Å². The van der Waals surface area contributed by atoms with Gasteiger partial charge in [0.2, 0.25) is 0 Å². The highest BCUT2D eigenvalue weighted by atomic mass is 19.4. The number of furan rings is 1. The zero-order valence-electron chi connectivity index (χ0n) is 19.0. The van der Waals surface area contributed by atoms with Crippen molar-refractivity contribution < 1.29 is 49.1 Å². The summed E-state index contributed by atoms with van der Waals surface area (Å²) >= 11 is 0. The molecule has 2 aromatic heterocycles. The number of fused-ring (bicyclic) bond motifs is 1. The van der Waals surface area contributed by atoms with Gasteiger partial charge in [0.25, 0.3) is 11.8 Å². The molecule has 37 heavy (non-hydrogen) atoms. The fraction of sp³-hybridized carbons (Fsp3) is 0.391. The van der Waals surface area contributed by atoms with Crippen molar-refractivity contribution in [3.05, 3.63) is 59.1 Å². The number of halogens is 8. The predicted octanol–water partition coefficient (Wildman–Crippen LogP) is 5.35. The molecular weight excluding hydrogens is 518 g/mol. The summed E-state index contributed by atoms with van der Waals surface area (Å²) in [4.78, 5) is 16.7. The summed E-state index contributed by atoms with van der Waals surface area (Å²) in [5.74, 6) is -4.51. The van der Waals surface area contributed by atoms with Gasteiger partial charge in [0.1, 0.15) is 29.7 Å². The van der Waals surface area contributed by atoms with Crippen LogP contribution in [0.5, 0.6) is 5.75 Å². The number of rotatable bonds is 6. The van der Waals surface area contributed by atoms with E-state index in [4.69, 9.17) is 9.15 Å². The van der Waals surface area contributed by atoms with Gasteiger partial charge >= 0.3 is 12.4 Å². The molecule has 4 rings (SSSR count). The molecule has 200 valence electrons. The number of pyridine rings is 1. The van der Waals surface area contributed by atoms with Crippen LogP contribution in [-0.4, -0.2) is 53.6 Å². The molecule has 0 spiro atoms. The first-order valence-electron chi connectivity index (χ1n) is 10.8. The van der Waals surface area contributed by atoms with Gasteiger partial charge in [-0.15, -0.1) is 0 Å². The third-order valence-corrected chi connectivity index (χ3v) is 5.71. The lowest BCUT2D eigenvalue weighted by molar-refractivity contribution is -0.146. The first kappa shape index (κ1) is 26.6. The fourth-order valence-corrected chi connectivity index (χ4v) is 4.16. The molecule has 6 nitrogen and oxygen atoms in total. The predicted molar refractivity (Wildman–Crippen MR) is 113 cm³/mol. The van der Waals surface area contributed by atoms with Gasteiger partial charge in [0.05, 0.1) is 18.7 Å². The molecule has 1 aromatic carbocycles. The average molecular weight is 537 g/mol. The van der Waals surface area contributed by atoms with Crippen molar-refractivity contribution in [2.75, 3.05) is 19.6 Å². The molecule has 3 aromatic rings. The molecule has 14 heteroatoms. The second-order valence-corrected chi connectivity index (χ2v) is 8.56. The number of aromatic nitrogens is 1. The number of hydrogen-bond donors (Lipinski definition) is 1. The fourth-order valence-electron chi connectivity index (χ4n) is 4.16. The average Bonchev–Trinajstić information content (AvgIpc) is 3.24. The second-order valence-electron chi connectivity index (χ2n) is 8.56. The third-order valence-electron chi connectivity index (χ3n) is 5.71. The van der Waals surface area contributed by atoms with Crippen LogP contribution in [0.25, 0.3) is 11.0 Å². The molecule has 1 fully saturated rings. The van der Waals surface area contributed by atoms with E-state index in [0.29, 0.717) is 4.90 Å². The van der Waals surface area contributed by atoms with Crippen LogP contribution >= 0.6 is 0 Å². The summed E-state index contributed by atoms with van der Waals surface area (Å²) in [6.45, 7) is -2.54. The summed E-state index contributed by atoms with van der Waals surface area (Å²) in [6.07, 6.45) is -8.39. The maximum Gasteiger partial charge on any atom is 0.433 e. The quantitative estimate of drug-likeness (QED) is 0.430. The molecule has 0 bridgehead atoms. The number of amides is 1. The van der Waals surface area contributed by atoms with E-state index in [-0.39, 0.29) is 33.6 Å². The SMILES string of the molecule is Cc1oc2ccc(OCc3cccnc3C(F)(F)F)cc2c1C(=O)NC1CN(CC(F)(F)F)CC1(F)F. The van der Waals surface area contributed by atoms with Gasteiger partial charge in [-0.2, -0.15) is 26.3 Å². The maximum absolute atomic E-state index is 14.3. The van der Waals surface area contributed by atoms with Crippen molar-refractivity contribution in [3.63, 3.8) is 0 Å². The molecular formula is C23H19F8N3O3. The van der Waals surface area contributed by atoms with Crippen molar-refractivity contribution in [3.8, 4) is 5.75 Å². The molecule has 1 N–H and O–H groups in total. The molecule has 1 aliphatic heterocycles. The molecule has 1 unspecified atom stereocenters. The third kappa shape index (κ3) is 5.95. The van der Waals surface area contributed by atoms with Gasteiger partial charge < -0.3 is 14.5 Å². The van der Waals surface area contributed by atoms with E-state index in [0.717, 1.165) is 6.20 Å². The normalized spacial score (nSPS) is 18.4. The van der Waals surface area contributed by atoms with Gasteiger partial charge in [0, 0.05) is 23.7 Å². The van der Waals surface area contributed by atoms with Crippen LogP contribution in [0.2, 0.25) is 0 Å². The summed E-state index contributed by atoms with van der Waals surface area (Å²) in [7, 11) is 0. The summed E-state index contributed by atoms with van der Waals surface area (Å²) in [6, 6.07) is 4.70. The van der Waals surface area contributed by atoms with Gasteiger partial charge in [-0.25, -0.2) is 8.78 Å². The van der Waals surface area contributed by atoms with Crippen LogP contribution in [0.4, 0.5) is 35.1 Å². The lowest BCUT2D eigenvalue weighted by atomic mass is 10.1. The minimum Gasteiger partial charge on any atom is -0.489 e. The van der Waals surface area contributed by atoms with Crippen molar-refractivity contribution >= 4 is 16.9 Å². The number of aryl methyl sites for hydroxylation is 1. The number of nitrogens with zero attached hydrogens (tertiary/aromatic N) is 2. The Morgan fingerprint density at radius 1 is 1.22 bits per heavy atom. The number of hydrogen-bond acceptors (Lipinski definition) is 5. The van der Waals surface area contributed by atoms with Gasteiger partial charge in [-0.3, -0.25) is 14.7 Å². The van der Waals surface area contributed by atoms with Gasteiger partial charge in [0.15, 0.2) is 5.69 Å². The number of ether oxygens (including phenoxy) is 1. The van der Waals surface area contributed by atoms with Crippen molar-refractivity contribution in [2.24, 2.45) is 0 Å². The van der Waals surface area contributed by atoms with Crippen LogP contribution < -0.4 is 10.1 Å². The van der Waals surface area contributed by atoms with Crippen LogP contribution in [0, 0.1) is 6.92 Å². The van der Waals surface area contributed by atoms with E-state index in [1.54, 1.807) is 0 Å². The van der Waals surface area contributed by atoms with Crippen molar-refractivity contribution in [1.82, 2.24) is 15.2 Å². The summed E-state index contributed by atoms with van der Waals surface area (Å²) < 4.78 is 117. The van der Waals surface area contributed by atoms with Crippen molar-refractivity contribution in [2.45, 2.75) is 37.8 Å². The molecule has 1 amide bonds. The Balaban J connectivity index is 1.54. The van der Waals surface area contributed by atoms with Crippen molar-refractivity contribution in [1.29, 1.82) is 0 Å². The Morgan fingerprint density at radius 2 is 1.95 bits per heavy atom. The first-order valence-corrected chi connectivity index (χ1v) is 10.8. The highest BCUT2D eigenvalue weighted by Crippen LogP contribution is 2.34. The molecule has 1 aliphatic rings. The Hall–Kier alpha value is -3.42. The summed E-state index contributed by atoms with van der Waals surface area (Å²) in [5, 5.41) is 2.22. The van der Waals surface area contributed by atoms with Gasteiger partial charge in [-0.05, 0) is 31.2 Å². The van der Waals surface area contributed by atoms with E-state index >= 15 is 0 Å². The number of likely N-dealkylation sites (tertiary alicyclic amines) is 1. The Kier molecular flexibility index (Phi) is 6.82. The molecule has 0 aliphatic carbocycles. The topological polar surface area (TPSA) is 67.6 Å². The molecule has 3 heterocycles. The van der Waals surface area contributed by atoms with E-state index in [1.165, 1.54) is 37.3 Å². The zero-order valence-corrected chi connectivity index (χ0v) is 19.0. The van der Waals surface area contributed by atoms with E-state index < -0.39 is 62.2 Å². The Bertz CT molecular complexity index is 1300. The Labute approximate surface area is 204 Å². The Morgan fingerprint density at radius 3 is 2.62 bits per heavy atom. The number of carbonyl (C=O) groups is 1. The smallest absolute Gasteiger partial charge is 0.433 e. The largest absolute Gasteiger partial charge is 0.489 e. The van der Waals surface area contributed by atoms with E-state index in [9.17, 15) is 39.9 Å². The maximum atomic E-state index is 14.3. The standard InChI is InChI=1S/C23H19F8N3O3/c1-12-18(20(35)33-17-8-34(10-21(17,24)25)11-22(26,27)28)15-7-14(4-5-16(15)37-12)36-9-13-3-2-6-32-19(13)23(29,30)31/h2-7,17H,8-11H2,1H3,(H,33,35). The number of benzene rings is 1. The van der Waals surface area contributed by atoms with E-state index in [2.05, 4.69) is 10.3 Å². The molecule has 0 saturated carbocycles. The lowest BCUT2D eigenvalue weighted by Crippen LogP contribution is -2.46. The van der Waals surface area contributed by atoms with Gasteiger partial charge in [-0.1, -0.05) is 6.07 Å². The van der Waals surface area contributed by atoms with Crippen LogP contribution in [-0.2, 0) is 12.8 Å². The second kappa shape index (κ2) is 9.47. The van der Waals surface area contributed by atoms with E-state index in [1.807, 2.05) is 0 Å². The summed E-state index contributed by atoms with van der Waals surface area (Å²) in [5.41, 5.74) is -1.33. The molecule has 0 radical (unpaired) electrons. The monoisotopic (exact) mass is 537 g/mol. The minimum atomic E-state index is -4.70. The first-order chi connectivity index (χ1) is 17.1. The molecule has 1 saturated heterocycles. The van der Waals surface area contributed by atoms with Crippen LogP contribution in [0.3, 0.4) is 0 Å².